The molecule has 1 saturated heterocycles. The minimum atomic E-state index is -0.156. The van der Waals surface area contributed by atoms with Gasteiger partial charge in [0.15, 0.2) is 0 Å². The van der Waals surface area contributed by atoms with Crippen LogP contribution < -0.4 is 5.32 Å². The summed E-state index contributed by atoms with van der Waals surface area (Å²) >= 11 is 0. The molecule has 2 aromatic rings. The van der Waals surface area contributed by atoms with Crippen LogP contribution in [-0.4, -0.2) is 42.0 Å². The summed E-state index contributed by atoms with van der Waals surface area (Å²) in [5.74, 6) is 0. The van der Waals surface area contributed by atoms with Crippen LogP contribution in [0.15, 0.2) is 43.0 Å². The quantitative estimate of drug-likeness (QED) is 0.879. The first-order chi connectivity index (χ1) is 10.3. The average Bonchev–Trinajstić information content (AvgIpc) is 3.20. The minimum absolute atomic E-state index is 0.156. The summed E-state index contributed by atoms with van der Waals surface area (Å²) in [6.45, 7) is 3.10. The predicted molar refractivity (Wildman–Crippen MR) is 80.4 cm³/mol. The lowest BCUT2D eigenvalue weighted by atomic mass is 10.0. The molecule has 1 aromatic heterocycles. The maximum atomic E-state index is 5.61. The summed E-state index contributed by atoms with van der Waals surface area (Å²) in [6, 6.07) is 8.47. The highest BCUT2D eigenvalue weighted by Crippen LogP contribution is 2.21. The summed E-state index contributed by atoms with van der Waals surface area (Å²) < 4.78 is 13.0. The molecule has 0 amide bonds. The topological polar surface area (TPSA) is 48.3 Å². The molecular formula is C16H21N3O2. The van der Waals surface area contributed by atoms with E-state index in [2.05, 4.69) is 34.6 Å². The van der Waals surface area contributed by atoms with E-state index in [4.69, 9.17) is 9.47 Å². The van der Waals surface area contributed by atoms with E-state index in [1.54, 1.807) is 19.6 Å². The Morgan fingerprint density at radius 1 is 1.38 bits per heavy atom. The van der Waals surface area contributed by atoms with Crippen molar-refractivity contribution in [1.29, 1.82) is 0 Å². The summed E-state index contributed by atoms with van der Waals surface area (Å²) in [5.41, 5.74) is 2.22. The highest BCUT2D eigenvalue weighted by molar-refractivity contribution is 5.34. The van der Waals surface area contributed by atoms with E-state index in [0.29, 0.717) is 6.61 Å². The fourth-order valence-electron chi connectivity index (χ4n) is 2.59. The van der Waals surface area contributed by atoms with E-state index in [9.17, 15) is 0 Å². The summed E-state index contributed by atoms with van der Waals surface area (Å²) in [7, 11) is 1.76. The third kappa shape index (κ3) is 3.32. The zero-order valence-corrected chi connectivity index (χ0v) is 12.3. The first-order valence-electron chi connectivity index (χ1n) is 7.22. The second kappa shape index (κ2) is 6.39. The maximum absolute atomic E-state index is 5.61. The Kier molecular flexibility index (Phi) is 4.34. The van der Waals surface area contributed by atoms with E-state index in [-0.39, 0.29) is 5.60 Å². The van der Waals surface area contributed by atoms with Gasteiger partial charge in [0, 0.05) is 51.3 Å². The number of methoxy groups -OCH3 is 1. The van der Waals surface area contributed by atoms with Crippen molar-refractivity contribution in [1.82, 2.24) is 14.9 Å². The third-order valence-electron chi connectivity index (χ3n) is 4.02. The molecule has 1 unspecified atom stereocenters. The van der Waals surface area contributed by atoms with Gasteiger partial charge in [-0.3, -0.25) is 0 Å². The third-order valence-corrected chi connectivity index (χ3v) is 4.02. The lowest BCUT2D eigenvalue weighted by Gasteiger charge is -2.26. The van der Waals surface area contributed by atoms with Gasteiger partial charge in [-0.05, 0) is 17.7 Å². The molecule has 1 aromatic carbocycles. The van der Waals surface area contributed by atoms with Crippen LogP contribution in [0.1, 0.15) is 12.0 Å². The molecule has 21 heavy (non-hydrogen) atoms. The summed E-state index contributed by atoms with van der Waals surface area (Å²) in [6.07, 6.45) is 6.48. The lowest BCUT2D eigenvalue weighted by molar-refractivity contribution is -0.0159. The Balaban J connectivity index is 1.54. The molecular weight excluding hydrogens is 266 g/mol. The smallest absolute Gasteiger partial charge is 0.106 e. The molecule has 0 bridgehead atoms. The molecule has 0 radical (unpaired) electrons. The van der Waals surface area contributed by atoms with Crippen molar-refractivity contribution in [3.8, 4) is 5.69 Å². The van der Waals surface area contributed by atoms with Crippen molar-refractivity contribution in [2.75, 3.05) is 26.9 Å². The number of benzene rings is 1. The fourth-order valence-corrected chi connectivity index (χ4v) is 2.59. The van der Waals surface area contributed by atoms with Crippen LogP contribution in [0.2, 0.25) is 0 Å². The van der Waals surface area contributed by atoms with Gasteiger partial charge in [0.2, 0.25) is 0 Å². The molecule has 0 spiro atoms. The van der Waals surface area contributed by atoms with Crippen molar-refractivity contribution < 1.29 is 9.47 Å². The van der Waals surface area contributed by atoms with Gasteiger partial charge in [-0.2, -0.15) is 0 Å². The van der Waals surface area contributed by atoms with Gasteiger partial charge in [0.05, 0.1) is 12.9 Å². The Bertz CT molecular complexity index is 545. The predicted octanol–water partition coefficient (Wildman–Crippen LogP) is 1.77. The molecule has 2 heterocycles. The van der Waals surface area contributed by atoms with Crippen molar-refractivity contribution in [2.24, 2.45) is 0 Å². The van der Waals surface area contributed by atoms with Crippen LogP contribution in [0.5, 0.6) is 0 Å². The fraction of sp³-hybridized carbons (Fsp3) is 0.438. The maximum Gasteiger partial charge on any atom is 0.106 e. The molecule has 5 nitrogen and oxygen atoms in total. The number of ether oxygens (including phenoxy) is 2. The van der Waals surface area contributed by atoms with E-state index in [1.807, 2.05) is 10.8 Å². The molecule has 1 fully saturated rings. The molecule has 5 heteroatoms. The van der Waals surface area contributed by atoms with Gasteiger partial charge in [-0.1, -0.05) is 12.1 Å². The van der Waals surface area contributed by atoms with Crippen molar-refractivity contribution in [3.05, 3.63) is 48.5 Å². The standard InChI is InChI=1S/C16H21N3O2/c1-20-16(6-9-21-12-16)11-18-10-14-2-4-15(5-3-14)19-8-7-17-13-19/h2-5,7-8,13,18H,6,9-12H2,1H3. The average molecular weight is 287 g/mol. The van der Waals surface area contributed by atoms with Gasteiger partial charge < -0.3 is 19.4 Å². The second-order valence-corrected chi connectivity index (χ2v) is 5.43. The number of hydrogen-bond donors (Lipinski definition) is 1. The molecule has 1 aliphatic rings. The molecule has 0 saturated carbocycles. The molecule has 3 rings (SSSR count). The summed E-state index contributed by atoms with van der Waals surface area (Å²) in [5, 5.41) is 3.47. The number of nitrogens with zero attached hydrogens (tertiary/aromatic N) is 2. The SMILES string of the molecule is COC1(CNCc2ccc(-n3ccnc3)cc2)CCOC1. The van der Waals surface area contributed by atoms with Gasteiger partial charge in [0.1, 0.15) is 5.60 Å². The van der Waals surface area contributed by atoms with Gasteiger partial charge in [0.25, 0.3) is 0 Å². The van der Waals surface area contributed by atoms with E-state index in [0.717, 1.165) is 31.8 Å². The van der Waals surface area contributed by atoms with Crippen molar-refractivity contribution in [3.63, 3.8) is 0 Å². The second-order valence-electron chi connectivity index (χ2n) is 5.43. The van der Waals surface area contributed by atoms with Crippen molar-refractivity contribution in [2.45, 2.75) is 18.6 Å². The monoisotopic (exact) mass is 287 g/mol. The number of hydrogen-bond acceptors (Lipinski definition) is 4. The van der Waals surface area contributed by atoms with Crippen LogP contribution >= 0.6 is 0 Å². The first kappa shape index (κ1) is 14.3. The summed E-state index contributed by atoms with van der Waals surface area (Å²) in [4.78, 5) is 4.06. The molecule has 1 aliphatic heterocycles. The van der Waals surface area contributed by atoms with E-state index < -0.39 is 0 Å². The molecule has 112 valence electrons. The Morgan fingerprint density at radius 3 is 2.86 bits per heavy atom. The number of imidazole rings is 1. The zero-order chi connectivity index (χ0) is 14.5. The van der Waals surface area contributed by atoms with Crippen LogP contribution in [0.25, 0.3) is 5.69 Å². The van der Waals surface area contributed by atoms with Gasteiger partial charge in [-0.25, -0.2) is 4.98 Å². The van der Waals surface area contributed by atoms with E-state index >= 15 is 0 Å². The number of nitrogens with one attached hydrogen (secondary N) is 1. The van der Waals surface area contributed by atoms with Crippen LogP contribution in [0.3, 0.4) is 0 Å². The zero-order valence-electron chi connectivity index (χ0n) is 12.3. The van der Waals surface area contributed by atoms with Crippen LogP contribution in [0.4, 0.5) is 0 Å². The highest BCUT2D eigenvalue weighted by Gasteiger charge is 2.34. The Morgan fingerprint density at radius 2 is 2.24 bits per heavy atom. The Hall–Kier alpha value is -1.69. The largest absolute Gasteiger partial charge is 0.378 e. The molecule has 0 aliphatic carbocycles. The molecule has 1 N–H and O–H groups in total. The minimum Gasteiger partial charge on any atom is -0.378 e. The number of rotatable bonds is 6. The first-order valence-corrected chi connectivity index (χ1v) is 7.22. The van der Waals surface area contributed by atoms with Crippen molar-refractivity contribution >= 4 is 0 Å². The van der Waals surface area contributed by atoms with Gasteiger partial charge in [-0.15, -0.1) is 0 Å². The Labute approximate surface area is 124 Å². The normalized spacial score (nSPS) is 21.8. The lowest BCUT2D eigenvalue weighted by Crippen LogP contribution is -2.42. The highest BCUT2D eigenvalue weighted by atomic mass is 16.5. The van der Waals surface area contributed by atoms with Gasteiger partial charge >= 0.3 is 0 Å². The van der Waals surface area contributed by atoms with Crippen LogP contribution in [0, 0.1) is 0 Å². The van der Waals surface area contributed by atoms with E-state index in [1.165, 1.54) is 5.56 Å². The molecule has 1 atom stereocenters. The van der Waals surface area contributed by atoms with Crippen LogP contribution in [-0.2, 0) is 16.0 Å². The number of aromatic nitrogens is 2.